The van der Waals surface area contributed by atoms with Crippen molar-refractivity contribution in [3.8, 4) is 17.5 Å². The van der Waals surface area contributed by atoms with Gasteiger partial charge in [0.1, 0.15) is 11.1 Å². The highest BCUT2D eigenvalue weighted by atomic mass is 32.2. The van der Waals surface area contributed by atoms with E-state index in [1.165, 1.54) is 28.0 Å². The van der Waals surface area contributed by atoms with Gasteiger partial charge in [0.2, 0.25) is 5.91 Å². The van der Waals surface area contributed by atoms with Gasteiger partial charge in [-0.15, -0.1) is 32.9 Å². The Hall–Kier alpha value is -2.15. The molecule has 3 aromatic rings. The smallest absolute Gasteiger partial charge is 0.235 e. The van der Waals surface area contributed by atoms with Gasteiger partial charge in [0, 0.05) is 22.4 Å². The average Bonchev–Trinajstić information content (AvgIpc) is 3.39. The predicted molar refractivity (Wildman–Crippen MR) is 111 cm³/mol. The van der Waals surface area contributed by atoms with Gasteiger partial charge in [0.15, 0.2) is 11.0 Å². The summed E-state index contributed by atoms with van der Waals surface area (Å²) in [5.74, 6) is 0.891. The van der Waals surface area contributed by atoms with E-state index in [1.54, 1.807) is 22.8 Å². The Labute approximate surface area is 170 Å². The van der Waals surface area contributed by atoms with Crippen molar-refractivity contribution in [2.24, 2.45) is 0 Å². The van der Waals surface area contributed by atoms with E-state index in [9.17, 15) is 4.79 Å². The van der Waals surface area contributed by atoms with E-state index < -0.39 is 0 Å². The van der Waals surface area contributed by atoms with Crippen molar-refractivity contribution < 1.29 is 4.79 Å². The lowest BCUT2D eigenvalue weighted by molar-refractivity contribution is -0.113. The molecule has 0 radical (unpaired) electrons. The van der Waals surface area contributed by atoms with Crippen LogP contribution in [0.3, 0.4) is 0 Å². The molecule has 0 unspecified atom stereocenters. The Morgan fingerprint density at radius 1 is 1.37 bits per heavy atom. The van der Waals surface area contributed by atoms with Gasteiger partial charge in [0.25, 0.3) is 0 Å². The second-order valence-electron chi connectivity index (χ2n) is 5.71. The molecule has 0 saturated carbocycles. The summed E-state index contributed by atoms with van der Waals surface area (Å²) in [7, 11) is 0. The lowest BCUT2D eigenvalue weighted by atomic mass is 10.2. The summed E-state index contributed by atoms with van der Waals surface area (Å²) in [4.78, 5) is 13.6. The van der Waals surface area contributed by atoms with Gasteiger partial charge in [0.05, 0.1) is 11.3 Å². The second-order valence-corrected chi connectivity index (χ2v) is 8.57. The van der Waals surface area contributed by atoms with E-state index in [-0.39, 0.29) is 11.7 Å². The van der Waals surface area contributed by atoms with E-state index in [4.69, 9.17) is 5.26 Å². The minimum Gasteiger partial charge on any atom is -0.316 e. The molecule has 3 aromatic heterocycles. The van der Waals surface area contributed by atoms with E-state index in [0.29, 0.717) is 10.6 Å². The Bertz CT molecular complexity index is 966. The number of amides is 1. The number of thioether (sulfide) groups is 1. The maximum absolute atomic E-state index is 12.2. The van der Waals surface area contributed by atoms with Gasteiger partial charge in [-0.2, -0.15) is 5.26 Å². The van der Waals surface area contributed by atoms with Crippen LogP contribution in [-0.2, 0) is 17.8 Å². The minimum absolute atomic E-state index is 0.160. The highest BCUT2D eigenvalue weighted by molar-refractivity contribution is 7.99. The highest BCUT2D eigenvalue weighted by Gasteiger charge is 2.16. The molecular formula is C18H19N5OS3. The van der Waals surface area contributed by atoms with Crippen LogP contribution >= 0.6 is 34.4 Å². The van der Waals surface area contributed by atoms with Crippen LogP contribution in [0.2, 0.25) is 0 Å². The van der Waals surface area contributed by atoms with Gasteiger partial charge < -0.3 is 9.88 Å². The second kappa shape index (κ2) is 9.17. The molecule has 0 aliphatic rings. The summed E-state index contributed by atoms with van der Waals surface area (Å²) < 4.78 is 2.03. The number of aryl methyl sites for hydroxylation is 1. The number of nitrogens with one attached hydrogen (secondary N) is 1. The molecule has 6 nitrogen and oxygen atoms in total. The largest absolute Gasteiger partial charge is 0.316 e. The van der Waals surface area contributed by atoms with Crippen molar-refractivity contribution in [1.82, 2.24) is 14.8 Å². The molecule has 140 valence electrons. The summed E-state index contributed by atoms with van der Waals surface area (Å²) >= 11 is 4.44. The van der Waals surface area contributed by atoms with Crippen LogP contribution in [0.15, 0.2) is 28.0 Å². The number of aromatic nitrogens is 3. The molecule has 0 bridgehead atoms. The van der Waals surface area contributed by atoms with Crippen molar-refractivity contribution in [2.45, 2.75) is 38.4 Å². The van der Waals surface area contributed by atoms with Crippen LogP contribution in [0.1, 0.15) is 30.7 Å². The quantitative estimate of drug-likeness (QED) is 0.540. The van der Waals surface area contributed by atoms with Crippen LogP contribution in [0.25, 0.3) is 11.4 Å². The molecule has 0 spiro atoms. The molecule has 3 heterocycles. The number of anilines is 1. The van der Waals surface area contributed by atoms with E-state index >= 15 is 0 Å². The molecule has 1 N–H and O–H groups in total. The van der Waals surface area contributed by atoms with Gasteiger partial charge in [-0.1, -0.05) is 25.1 Å². The van der Waals surface area contributed by atoms with Gasteiger partial charge in [-0.3, -0.25) is 4.79 Å². The molecule has 0 atom stereocenters. The summed E-state index contributed by atoms with van der Waals surface area (Å²) in [6, 6.07) is 5.94. The van der Waals surface area contributed by atoms with E-state index in [1.807, 2.05) is 11.5 Å². The van der Waals surface area contributed by atoms with Gasteiger partial charge in [-0.05, 0) is 30.9 Å². The monoisotopic (exact) mass is 417 g/mol. The topological polar surface area (TPSA) is 83.6 Å². The molecule has 0 aliphatic heterocycles. The molecule has 27 heavy (non-hydrogen) atoms. The SMILES string of the molecule is CCCc1cc(-c2nnc(SCC(=O)Nc3sccc3C#N)n2CC)cs1. The average molecular weight is 418 g/mol. The first kappa shape index (κ1) is 19.6. The fourth-order valence-electron chi connectivity index (χ4n) is 2.56. The third-order valence-corrected chi connectivity index (χ3v) is 6.61. The van der Waals surface area contributed by atoms with Crippen molar-refractivity contribution in [2.75, 3.05) is 11.1 Å². The first-order valence-corrected chi connectivity index (χ1v) is 11.3. The number of nitrogens with zero attached hydrogens (tertiary/aromatic N) is 4. The van der Waals surface area contributed by atoms with Gasteiger partial charge in [-0.25, -0.2) is 0 Å². The summed E-state index contributed by atoms with van der Waals surface area (Å²) in [5.41, 5.74) is 1.56. The van der Waals surface area contributed by atoms with Crippen LogP contribution in [0.4, 0.5) is 5.00 Å². The summed E-state index contributed by atoms with van der Waals surface area (Å²) in [5, 5.41) is 25.6. The normalized spacial score (nSPS) is 10.7. The fourth-order valence-corrected chi connectivity index (χ4v) is 5.08. The number of rotatable bonds is 8. The third-order valence-electron chi connectivity index (χ3n) is 3.81. The Morgan fingerprint density at radius 3 is 2.96 bits per heavy atom. The number of carbonyl (C=O) groups excluding carboxylic acids is 1. The zero-order chi connectivity index (χ0) is 19.2. The molecule has 1 amide bonds. The summed E-state index contributed by atoms with van der Waals surface area (Å²) in [6.07, 6.45) is 2.19. The Balaban J connectivity index is 1.67. The fraction of sp³-hybridized carbons (Fsp3) is 0.333. The summed E-state index contributed by atoms with van der Waals surface area (Å²) in [6.45, 7) is 4.94. The van der Waals surface area contributed by atoms with Crippen LogP contribution in [0, 0.1) is 11.3 Å². The van der Waals surface area contributed by atoms with Crippen LogP contribution in [0.5, 0.6) is 0 Å². The predicted octanol–water partition coefficient (Wildman–Crippen LogP) is 4.64. The van der Waals surface area contributed by atoms with Crippen LogP contribution < -0.4 is 5.32 Å². The van der Waals surface area contributed by atoms with Gasteiger partial charge >= 0.3 is 0 Å². The highest BCUT2D eigenvalue weighted by Crippen LogP contribution is 2.29. The maximum Gasteiger partial charge on any atom is 0.235 e. The zero-order valence-electron chi connectivity index (χ0n) is 15.1. The molecule has 0 saturated heterocycles. The van der Waals surface area contributed by atoms with Crippen LogP contribution in [-0.4, -0.2) is 26.4 Å². The lowest BCUT2D eigenvalue weighted by Crippen LogP contribution is -2.14. The zero-order valence-corrected chi connectivity index (χ0v) is 17.5. The van der Waals surface area contributed by atoms with Crippen molar-refractivity contribution >= 4 is 45.3 Å². The van der Waals surface area contributed by atoms with Crippen molar-refractivity contribution in [1.29, 1.82) is 5.26 Å². The number of hydrogen-bond acceptors (Lipinski definition) is 7. The Morgan fingerprint density at radius 2 is 2.22 bits per heavy atom. The van der Waals surface area contributed by atoms with E-state index in [0.717, 1.165) is 35.9 Å². The third kappa shape index (κ3) is 4.58. The lowest BCUT2D eigenvalue weighted by Gasteiger charge is -2.06. The number of nitriles is 1. The van der Waals surface area contributed by atoms with Crippen molar-refractivity contribution in [3.05, 3.63) is 33.3 Å². The molecule has 0 aliphatic carbocycles. The minimum atomic E-state index is -0.160. The standard InChI is InChI=1S/C18H19N5OS3/c1-3-5-14-8-13(10-26-14)16-21-22-18(23(16)4-2)27-11-15(24)20-17-12(9-19)6-7-25-17/h6-8,10H,3-5,11H2,1-2H3,(H,20,24). The number of thiophene rings is 2. The molecule has 0 aromatic carbocycles. The molecular weight excluding hydrogens is 398 g/mol. The maximum atomic E-state index is 12.2. The Kier molecular flexibility index (Phi) is 6.66. The molecule has 3 rings (SSSR count). The number of hydrogen-bond donors (Lipinski definition) is 1. The molecule has 0 fully saturated rings. The van der Waals surface area contributed by atoms with E-state index in [2.05, 4.69) is 40.0 Å². The molecule has 9 heteroatoms. The number of carbonyl (C=O) groups is 1. The van der Waals surface area contributed by atoms with Crippen molar-refractivity contribution in [3.63, 3.8) is 0 Å². The first-order chi connectivity index (χ1) is 13.2. The first-order valence-electron chi connectivity index (χ1n) is 8.57.